The van der Waals surface area contributed by atoms with E-state index in [-0.39, 0.29) is 6.10 Å². The summed E-state index contributed by atoms with van der Waals surface area (Å²) in [6, 6.07) is 8.08. The van der Waals surface area contributed by atoms with Crippen LogP contribution in [0.25, 0.3) is 0 Å². The molecule has 0 radical (unpaired) electrons. The molecule has 1 aliphatic rings. The molecule has 3 rings (SSSR count). The van der Waals surface area contributed by atoms with Crippen molar-refractivity contribution < 1.29 is 9.15 Å². The maximum atomic E-state index is 6.13. The van der Waals surface area contributed by atoms with Crippen LogP contribution in [0.3, 0.4) is 0 Å². The van der Waals surface area contributed by atoms with E-state index in [1.807, 2.05) is 18.2 Å². The van der Waals surface area contributed by atoms with Gasteiger partial charge in [-0.3, -0.25) is 0 Å². The van der Waals surface area contributed by atoms with E-state index in [1.54, 1.807) is 12.5 Å². The minimum atomic E-state index is -0.119. The lowest BCUT2D eigenvalue weighted by molar-refractivity contribution is 0.114. The summed E-state index contributed by atoms with van der Waals surface area (Å²) in [5.41, 5.74) is 1.19. The van der Waals surface area contributed by atoms with Gasteiger partial charge in [-0.05, 0) is 37.6 Å². The predicted molar refractivity (Wildman–Crippen MR) is 72.0 cm³/mol. The molecule has 4 heteroatoms. The van der Waals surface area contributed by atoms with Gasteiger partial charge in [0.2, 0.25) is 5.89 Å². The Kier molecular flexibility index (Phi) is 3.51. The lowest BCUT2D eigenvalue weighted by atomic mass is 10.0. The van der Waals surface area contributed by atoms with Crippen LogP contribution in [0.2, 0.25) is 0 Å². The van der Waals surface area contributed by atoms with Crippen molar-refractivity contribution in [3.05, 3.63) is 48.2 Å². The first-order valence-corrected chi connectivity index (χ1v) is 6.66. The number of nitrogens with one attached hydrogen (secondary N) is 1. The Bertz CT molecular complexity index is 519. The van der Waals surface area contributed by atoms with E-state index in [1.165, 1.54) is 5.56 Å². The SMILES string of the molecule is Cc1cccc(O[C@@H](c2ncco2)[C@@H]2CCNC2)c1. The van der Waals surface area contributed by atoms with Crippen LogP contribution in [0.4, 0.5) is 0 Å². The normalized spacial score (nSPS) is 20.4. The second-order valence-electron chi connectivity index (χ2n) is 4.98. The Morgan fingerprint density at radius 2 is 2.42 bits per heavy atom. The molecular formula is C15H18N2O2. The Balaban J connectivity index is 1.83. The van der Waals surface area contributed by atoms with E-state index in [9.17, 15) is 0 Å². The molecule has 1 saturated heterocycles. The van der Waals surface area contributed by atoms with Crippen LogP contribution in [-0.2, 0) is 0 Å². The molecule has 1 fully saturated rings. The third kappa shape index (κ3) is 2.79. The third-order valence-corrected chi connectivity index (χ3v) is 3.47. The van der Waals surface area contributed by atoms with Crippen molar-refractivity contribution in [3.63, 3.8) is 0 Å². The quantitative estimate of drug-likeness (QED) is 0.916. The summed E-state index contributed by atoms with van der Waals surface area (Å²) in [7, 11) is 0. The van der Waals surface area contributed by atoms with Gasteiger partial charge in [0, 0.05) is 12.5 Å². The van der Waals surface area contributed by atoms with Crippen molar-refractivity contribution in [2.24, 2.45) is 5.92 Å². The van der Waals surface area contributed by atoms with Crippen LogP contribution in [0.1, 0.15) is 24.0 Å². The molecule has 2 atom stereocenters. The molecule has 1 N–H and O–H groups in total. The van der Waals surface area contributed by atoms with Gasteiger partial charge in [0.15, 0.2) is 6.10 Å². The van der Waals surface area contributed by atoms with E-state index in [4.69, 9.17) is 9.15 Å². The van der Waals surface area contributed by atoms with Gasteiger partial charge < -0.3 is 14.5 Å². The molecule has 0 amide bonds. The van der Waals surface area contributed by atoms with Gasteiger partial charge in [-0.15, -0.1) is 0 Å². The smallest absolute Gasteiger partial charge is 0.235 e. The van der Waals surface area contributed by atoms with Crippen LogP contribution in [0.15, 0.2) is 41.1 Å². The van der Waals surface area contributed by atoms with Gasteiger partial charge in [0.25, 0.3) is 0 Å². The topological polar surface area (TPSA) is 47.3 Å². The van der Waals surface area contributed by atoms with E-state index < -0.39 is 0 Å². The largest absolute Gasteiger partial charge is 0.480 e. The Labute approximate surface area is 112 Å². The van der Waals surface area contributed by atoms with Gasteiger partial charge >= 0.3 is 0 Å². The number of rotatable bonds is 4. The standard InChI is InChI=1S/C15H18N2O2/c1-11-3-2-4-13(9-11)19-14(12-5-6-16-10-12)15-17-7-8-18-15/h2-4,7-9,12,14,16H,5-6,10H2,1H3/t12-,14-/m1/s1. The zero-order chi connectivity index (χ0) is 13.1. The minimum absolute atomic E-state index is 0.119. The maximum absolute atomic E-state index is 6.13. The van der Waals surface area contributed by atoms with Crippen LogP contribution in [0.5, 0.6) is 5.75 Å². The maximum Gasteiger partial charge on any atom is 0.235 e. The molecule has 4 nitrogen and oxygen atoms in total. The van der Waals surface area contributed by atoms with Gasteiger partial charge in [-0.1, -0.05) is 12.1 Å². The molecule has 0 saturated carbocycles. The fraction of sp³-hybridized carbons (Fsp3) is 0.400. The number of aryl methyl sites for hydroxylation is 1. The summed E-state index contributed by atoms with van der Waals surface area (Å²) >= 11 is 0. The summed E-state index contributed by atoms with van der Waals surface area (Å²) in [6.45, 7) is 4.03. The monoisotopic (exact) mass is 258 g/mol. The first-order chi connectivity index (χ1) is 9.33. The summed E-state index contributed by atoms with van der Waals surface area (Å²) in [5.74, 6) is 1.93. The molecule has 19 heavy (non-hydrogen) atoms. The van der Waals surface area contributed by atoms with Crippen LogP contribution in [0, 0.1) is 12.8 Å². The number of nitrogens with zero attached hydrogens (tertiary/aromatic N) is 1. The average Bonchev–Trinajstić information content (AvgIpc) is 3.10. The number of benzene rings is 1. The van der Waals surface area contributed by atoms with E-state index >= 15 is 0 Å². The molecule has 1 aromatic heterocycles. The molecule has 2 heterocycles. The fourth-order valence-corrected chi connectivity index (χ4v) is 2.49. The lowest BCUT2D eigenvalue weighted by Gasteiger charge is -2.21. The van der Waals surface area contributed by atoms with E-state index in [0.29, 0.717) is 11.8 Å². The first kappa shape index (κ1) is 12.2. The Hall–Kier alpha value is -1.81. The third-order valence-electron chi connectivity index (χ3n) is 3.47. The number of hydrogen-bond acceptors (Lipinski definition) is 4. The molecule has 1 aromatic carbocycles. The highest BCUT2D eigenvalue weighted by Crippen LogP contribution is 2.31. The lowest BCUT2D eigenvalue weighted by Crippen LogP contribution is -2.21. The van der Waals surface area contributed by atoms with Crippen LogP contribution >= 0.6 is 0 Å². The van der Waals surface area contributed by atoms with Crippen molar-refractivity contribution >= 4 is 0 Å². The molecule has 0 bridgehead atoms. The molecule has 0 spiro atoms. The van der Waals surface area contributed by atoms with Gasteiger partial charge in [-0.25, -0.2) is 4.98 Å². The summed E-state index contributed by atoms with van der Waals surface area (Å²) < 4.78 is 11.6. The zero-order valence-electron chi connectivity index (χ0n) is 11.0. The highest BCUT2D eigenvalue weighted by Gasteiger charge is 2.31. The van der Waals surface area contributed by atoms with E-state index in [0.717, 1.165) is 25.3 Å². The van der Waals surface area contributed by atoms with Crippen LogP contribution < -0.4 is 10.1 Å². The Morgan fingerprint density at radius 3 is 3.11 bits per heavy atom. The molecule has 2 aromatic rings. The second kappa shape index (κ2) is 5.45. The highest BCUT2D eigenvalue weighted by molar-refractivity contribution is 5.28. The number of oxazole rings is 1. The van der Waals surface area contributed by atoms with Gasteiger partial charge in [0.1, 0.15) is 12.0 Å². The van der Waals surface area contributed by atoms with Crippen molar-refractivity contribution in [1.29, 1.82) is 0 Å². The first-order valence-electron chi connectivity index (χ1n) is 6.66. The van der Waals surface area contributed by atoms with Crippen molar-refractivity contribution in [1.82, 2.24) is 10.3 Å². The molecule has 100 valence electrons. The number of hydrogen-bond donors (Lipinski definition) is 1. The van der Waals surface area contributed by atoms with Crippen molar-refractivity contribution in [2.45, 2.75) is 19.4 Å². The second-order valence-corrected chi connectivity index (χ2v) is 4.98. The van der Waals surface area contributed by atoms with Gasteiger partial charge in [-0.2, -0.15) is 0 Å². The Morgan fingerprint density at radius 1 is 1.47 bits per heavy atom. The average molecular weight is 258 g/mol. The van der Waals surface area contributed by atoms with Crippen LogP contribution in [-0.4, -0.2) is 18.1 Å². The molecular weight excluding hydrogens is 240 g/mol. The number of ether oxygens (including phenoxy) is 1. The predicted octanol–water partition coefficient (Wildman–Crippen LogP) is 2.71. The number of aromatic nitrogens is 1. The molecule has 0 aliphatic carbocycles. The zero-order valence-corrected chi connectivity index (χ0v) is 11.0. The molecule has 1 aliphatic heterocycles. The highest BCUT2D eigenvalue weighted by atomic mass is 16.5. The van der Waals surface area contributed by atoms with Crippen molar-refractivity contribution in [2.75, 3.05) is 13.1 Å². The summed E-state index contributed by atoms with van der Waals surface area (Å²) in [5, 5.41) is 3.36. The molecule has 0 unspecified atom stereocenters. The fourth-order valence-electron chi connectivity index (χ4n) is 2.49. The summed E-state index contributed by atoms with van der Waals surface area (Å²) in [4.78, 5) is 4.26. The summed E-state index contributed by atoms with van der Waals surface area (Å²) in [6.07, 6.45) is 4.24. The minimum Gasteiger partial charge on any atom is -0.480 e. The van der Waals surface area contributed by atoms with E-state index in [2.05, 4.69) is 23.3 Å². The van der Waals surface area contributed by atoms with Crippen molar-refractivity contribution in [3.8, 4) is 5.75 Å². The van der Waals surface area contributed by atoms with Gasteiger partial charge in [0.05, 0.1) is 6.20 Å².